The van der Waals surface area contributed by atoms with Crippen LogP contribution in [-0.4, -0.2) is 23.8 Å². The second-order valence-corrected chi connectivity index (χ2v) is 6.14. The molecule has 0 saturated carbocycles. The number of halogens is 1. The van der Waals surface area contributed by atoms with Gasteiger partial charge in [0.2, 0.25) is 0 Å². The van der Waals surface area contributed by atoms with Crippen molar-refractivity contribution in [2.75, 3.05) is 13.1 Å². The number of fused-ring (bicyclic) bond motifs is 1. The third-order valence-corrected chi connectivity index (χ3v) is 4.66. The summed E-state index contributed by atoms with van der Waals surface area (Å²) in [6.07, 6.45) is 1.19. The molecule has 1 aliphatic rings. The van der Waals surface area contributed by atoms with Gasteiger partial charge in [-0.1, -0.05) is 18.2 Å². The summed E-state index contributed by atoms with van der Waals surface area (Å²) in [7, 11) is 0. The van der Waals surface area contributed by atoms with Crippen molar-refractivity contribution in [1.29, 1.82) is 0 Å². The smallest absolute Gasteiger partial charge is 0.151 e. The molecule has 0 unspecified atom stereocenters. The molecule has 4 heteroatoms. The van der Waals surface area contributed by atoms with Crippen LogP contribution in [0.4, 0.5) is 4.39 Å². The lowest BCUT2D eigenvalue weighted by Gasteiger charge is -2.26. The molecule has 0 radical (unpaired) electrons. The summed E-state index contributed by atoms with van der Waals surface area (Å²) in [5, 5.41) is 2.11. The highest BCUT2D eigenvalue weighted by Gasteiger charge is 2.19. The Balaban J connectivity index is 1.59. The summed E-state index contributed by atoms with van der Waals surface area (Å²) < 4.78 is 13.5. The maximum Gasteiger partial charge on any atom is 0.151 e. The van der Waals surface area contributed by atoms with Crippen molar-refractivity contribution in [3.8, 4) is 0 Å². The number of thiophene rings is 1. The van der Waals surface area contributed by atoms with E-state index in [4.69, 9.17) is 0 Å². The van der Waals surface area contributed by atoms with E-state index in [9.17, 15) is 9.18 Å². The van der Waals surface area contributed by atoms with E-state index in [1.807, 2.05) is 0 Å². The summed E-state index contributed by atoms with van der Waals surface area (Å²) in [5.41, 5.74) is 1.82. The number of nitrogens with zero attached hydrogens (tertiary/aromatic N) is 1. The molecule has 0 aliphatic carbocycles. The lowest BCUT2D eigenvalue weighted by Crippen LogP contribution is -2.34. The molecule has 104 valence electrons. The average Bonchev–Trinajstić information content (AvgIpc) is 2.89. The fourth-order valence-corrected chi connectivity index (χ4v) is 3.49. The van der Waals surface area contributed by atoms with E-state index in [0.717, 1.165) is 19.5 Å². The number of carbonyl (C=O) groups is 1. The molecule has 3 rings (SSSR count). The third-order valence-electron chi connectivity index (χ3n) is 3.63. The maximum atomic E-state index is 13.5. The maximum absolute atomic E-state index is 13.5. The molecule has 0 N–H and O–H groups in total. The Labute approximate surface area is 121 Å². The molecular weight excluding hydrogens is 273 g/mol. The van der Waals surface area contributed by atoms with Crippen molar-refractivity contribution in [3.05, 3.63) is 57.5 Å². The zero-order chi connectivity index (χ0) is 13.9. The standard InChI is InChI=1S/C16H16FNOS/c17-15-4-2-1-3-12(15)9-14(19)11-18-7-5-16-13(10-18)6-8-20-16/h1-4,6,8H,5,7,9-11H2. The second-order valence-electron chi connectivity index (χ2n) is 5.14. The Bertz CT molecular complexity index is 622. The number of rotatable bonds is 4. The van der Waals surface area contributed by atoms with Crippen LogP contribution in [0.1, 0.15) is 16.0 Å². The van der Waals surface area contributed by atoms with Crippen molar-refractivity contribution in [3.63, 3.8) is 0 Å². The molecule has 0 fully saturated rings. The van der Waals surface area contributed by atoms with E-state index in [1.54, 1.807) is 29.5 Å². The molecule has 0 spiro atoms. The Morgan fingerprint density at radius 1 is 1.30 bits per heavy atom. The molecule has 2 nitrogen and oxygen atoms in total. The van der Waals surface area contributed by atoms with Crippen LogP contribution in [0, 0.1) is 5.82 Å². The fourth-order valence-electron chi connectivity index (χ4n) is 2.60. The number of Topliss-reactive ketones (excluding diaryl/α,β-unsaturated/α-hetero) is 1. The van der Waals surface area contributed by atoms with Gasteiger partial charge < -0.3 is 0 Å². The van der Waals surface area contributed by atoms with Crippen molar-refractivity contribution >= 4 is 17.1 Å². The number of benzene rings is 1. The van der Waals surface area contributed by atoms with Gasteiger partial charge in [0.1, 0.15) is 5.82 Å². The van der Waals surface area contributed by atoms with Gasteiger partial charge in [-0.3, -0.25) is 9.69 Å². The van der Waals surface area contributed by atoms with Crippen LogP contribution in [0.5, 0.6) is 0 Å². The van der Waals surface area contributed by atoms with Gasteiger partial charge in [0, 0.05) is 24.4 Å². The van der Waals surface area contributed by atoms with Crippen molar-refractivity contribution in [1.82, 2.24) is 4.90 Å². The highest BCUT2D eigenvalue weighted by atomic mass is 32.1. The first-order valence-electron chi connectivity index (χ1n) is 6.75. The first-order valence-corrected chi connectivity index (χ1v) is 7.63. The van der Waals surface area contributed by atoms with Gasteiger partial charge >= 0.3 is 0 Å². The molecule has 0 amide bonds. The van der Waals surface area contributed by atoms with E-state index in [0.29, 0.717) is 12.1 Å². The Morgan fingerprint density at radius 2 is 2.15 bits per heavy atom. The number of ketones is 1. The monoisotopic (exact) mass is 289 g/mol. The zero-order valence-electron chi connectivity index (χ0n) is 11.1. The van der Waals surface area contributed by atoms with Crippen molar-refractivity contribution < 1.29 is 9.18 Å². The summed E-state index contributed by atoms with van der Waals surface area (Å²) >= 11 is 1.79. The van der Waals surface area contributed by atoms with Crippen LogP contribution in [0.3, 0.4) is 0 Å². The van der Waals surface area contributed by atoms with Crippen LogP contribution in [0.2, 0.25) is 0 Å². The van der Waals surface area contributed by atoms with Gasteiger partial charge in [-0.15, -0.1) is 11.3 Å². The molecule has 2 heterocycles. The zero-order valence-corrected chi connectivity index (χ0v) is 12.0. The highest BCUT2D eigenvalue weighted by Crippen LogP contribution is 2.23. The van der Waals surface area contributed by atoms with E-state index in [1.165, 1.54) is 16.5 Å². The molecule has 1 aromatic heterocycles. The van der Waals surface area contributed by atoms with E-state index in [2.05, 4.69) is 16.3 Å². The number of carbonyl (C=O) groups excluding carboxylic acids is 1. The highest BCUT2D eigenvalue weighted by molar-refractivity contribution is 7.10. The summed E-state index contributed by atoms with van der Waals surface area (Å²) in [6, 6.07) is 8.63. The quantitative estimate of drug-likeness (QED) is 0.862. The van der Waals surface area contributed by atoms with Gasteiger partial charge in [-0.2, -0.15) is 0 Å². The van der Waals surface area contributed by atoms with Crippen molar-refractivity contribution in [2.24, 2.45) is 0 Å². The molecule has 0 bridgehead atoms. The first kappa shape index (κ1) is 13.5. The van der Waals surface area contributed by atoms with Gasteiger partial charge in [0.05, 0.1) is 6.54 Å². The Morgan fingerprint density at radius 3 is 3.00 bits per heavy atom. The predicted octanol–water partition coefficient (Wildman–Crippen LogP) is 3.06. The molecule has 20 heavy (non-hydrogen) atoms. The van der Waals surface area contributed by atoms with Crippen LogP contribution in [0.25, 0.3) is 0 Å². The van der Waals surface area contributed by atoms with Crippen LogP contribution < -0.4 is 0 Å². The van der Waals surface area contributed by atoms with E-state index >= 15 is 0 Å². The minimum Gasteiger partial charge on any atom is -0.298 e. The van der Waals surface area contributed by atoms with Gasteiger partial charge in [-0.25, -0.2) is 4.39 Å². The Hall–Kier alpha value is -1.52. The lowest BCUT2D eigenvalue weighted by molar-refractivity contribution is -0.119. The number of hydrogen-bond acceptors (Lipinski definition) is 3. The minimum atomic E-state index is -0.292. The largest absolute Gasteiger partial charge is 0.298 e. The van der Waals surface area contributed by atoms with Crippen LogP contribution >= 0.6 is 11.3 Å². The second kappa shape index (κ2) is 5.85. The Kier molecular flexibility index (Phi) is 3.94. The van der Waals surface area contributed by atoms with E-state index in [-0.39, 0.29) is 18.0 Å². The van der Waals surface area contributed by atoms with Crippen LogP contribution in [-0.2, 0) is 24.2 Å². The van der Waals surface area contributed by atoms with E-state index < -0.39 is 0 Å². The van der Waals surface area contributed by atoms with Crippen LogP contribution in [0.15, 0.2) is 35.7 Å². The molecule has 2 aromatic rings. The predicted molar refractivity (Wildman–Crippen MR) is 78.4 cm³/mol. The topological polar surface area (TPSA) is 20.3 Å². The lowest BCUT2D eigenvalue weighted by atomic mass is 10.1. The summed E-state index contributed by atoms with van der Waals surface area (Å²) in [6.45, 7) is 2.15. The third kappa shape index (κ3) is 2.97. The molecule has 0 atom stereocenters. The average molecular weight is 289 g/mol. The molecular formula is C16H16FNOS. The molecule has 0 saturated heterocycles. The first-order chi connectivity index (χ1) is 9.72. The van der Waals surface area contributed by atoms with Crippen molar-refractivity contribution in [2.45, 2.75) is 19.4 Å². The molecule has 1 aromatic carbocycles. The summed E-state index contributed by atoms with van der Waals surface area (Å²) in [5.74, 6) is -0.214. The van der Waals surface area contributed by atoms with Gasteiger partial charge in [0.25, 0.3) is 0 Å². The molecule has 1 aliphatic heterocycles. The van der Waals surface area contributed by atoms with Gasteiger partial charge in [-0.05, 0) is 35.1 Å². The summed E-state index contributed by atoms with van der Waals surface area (Å²) in [4.78, 5) is 15.7. The minimum absolute atomic E-state index is 0.0776. The number of hydrogen-bond donors (Lipinski definition) is 0. The SMILES string of the molecule is O=C(Cc1ccccc1F)CN1CCc2sccc2C1. The normalized spacial score (nSPS) is 15.1. The fraction of sp³-hybridized carbons (Fsp3) is 0.312. The van der Waals surface area contributed by atoms with Gasteiger partial charge in [0.15, 0.2) is 5.78 Å².